The lowest BCUT2D eigenvalue weighted by atomic mass is 9.85. The first-order valence-corrected chi connectivity index (χ1v) is 12.3. The number of hydrogen-bond acceptors (Lipinski definition) is 4. The van der Waals surface area contributed by atoms with Gasteiger partial charge in [0.25, 0.3) is 0 Å². The number of carbonyl (C=O) groups is 2. The molecule has 3 unspecified atom stereocenters. The molecule has 2 aromatic carbocycles. The van der Waals surface area contributed by atoms with Crippen molar-refractivity contribution in [3.05, 3.63) is 52.5 Å². The molecule has 0 bridgehead atoms. The van der Waals surface area contributed by atoms with Crippen molar-refractivity contribution < 1.29 is 14.3 Å². The van der Waals surface area contributed by atoms with Crippen molar-refractivity contribution in [3.8, 4) is 5.75 Å². The minimum atomic E-state index is -0.760. The third kappa shape index (κ3) is 5.56. The Morgan fingerprint density at radius 2 is 1.85 bits per heavy atom. The van der Waals surface area contributed by atoms with E-state index in [9.17, 15) is 9.59 Å². The fourth-order valence-corrected chi connectivity index (χ4v) is 5.57. The number of fused-ring (bicyclic) bond motifs is 1. The maximum absolute atomic E-state index is 13.1. The van der Waals surface area contributed by atoms with Gasteiger partial charge in [-0.15, -0.1) is 0 Å². The zero-order chi connectivity index (χ0) is 24.2. The number of methoxy groups -OCH3 is 1. The second kappa shape index (κ2) is 10.8. The van der Waals surface area contributed by atoms with Gasteiger partial charge in [0.05, 0.1) is 25.3 Å². The molecule has 10 heteroatoms. The number of thiocarbonyl (C=S) groups is 1. The molecule has 0 spiro atoms. The average molecular weight is 521 g/mol. The Morgan fingerprint density at radius 1 is 1.15 bits per heavy atom. The summed E-state index contributed by atoms with van der Waals surface area (Å²) in [6.07, 6.45) is 3.76. The first kappa shape index (κ1) is 24.6. The molecule has 1 aliphatic heterocycles. The Balaban J connectivity index is 1.57. The zero-order valence-corrected chi connectivity index (χ0v) is 21.0. The quantitative estimate of drug-likeness (QED) is 0.489. The van der Waals surface area contributed by atoms with Gasteiger partial charge in [0.15, 0.2) is 5.11 Å². The highest BCUT2D eigenvalue weighted by Crippen LogP contribution is 2.32. The molecule has 1 aliphatic carbocycles. The van der Waals surface area contributed by atoms with Crippen molar-refractivity contribution in [1.29, 1.82) is 0 Å². The standard InChI is InChI=1S/C24H26Cl2N4O3S/c1-33-21-9-5-3-7-18(21)29-24(34)30-19-8-4-2-6-17(19)28-23(32)20(30)13-22(31)27-16-11-14(25)10-15(26)12-16/h3,5,7,9-12,17,19-20H,2,4,6,8,13H2,1H3,(H,27,31)(H,28,32)(H,29,34). The minimum Gasteiger partial charge on any atom is -0.495 e. The van der Waals surface area contributed by atoms with Crippen LogP contribution in [0.5, 0.6) is 5.75 Å². The molecule has 1 saturated carbocycles. The molecular weight excluding hydrogens is 495 g/mol. The van der Waals surface area contributed by atoms with Gasteiger partial charge in [-0.05, 0) is 55.4 Å². The fraction of sp³-hybridized carbons (Fsp3) is 0.375. The highest BCUT2D eigenvalue weighted by Gasteiger charge is 2.44. The number of nitrogens with zero attached hydrogens (tertiary/aromatic N) is 1. The summed E-state index contributed by atoms with van der Waals surface area (Å²) in [5.74, 6) is 0.0862. The van der Waals surface area contributed by atoms with E-state index in [1.165, 1.54) is 0 Å². The maximum atomic E-state index is 13.1. The van der Waals surface area contributed by atoms with Crippen LogP contribution in [0.1, 0.15) is 32.1 Å². The van der Waals surface area contributed by atoms with Crippen molar-refractivity contribution in [2.24, 2.45) is 0 Å². The van der Waals surface area contributed by atoms with E-state index in [0.717, 1.165) is 25.7 Å². The Hall–Kier alpha value is -2.55. The van der Waals surface area contributed by atoms with Gasteiger partial charge in [0.1, 0.15) is 11.8 Å². The number of ether oxygens (including phenoxy) is 1. The predicted octanol–water partition coefficient (Wildman–Crippen LogP) is 4.84. The minimum absolute atomic E-state index is 0.000397. The number of piperazine rings is 1. The van der Waals surface area contributed by atoms with Crippen molar-refractivity contribution in [2.45, 2.75) is 50.2 Å². The van der Waals surface area contributed by atoms with Crippen LogP contribution in [-0.2, 0) is 9.59 Å². The van der Waals surface area contributed by atoms with Crippen LogP contribution in [0.25, 0.3) is 0 Å². The van der Waals surface area contributed by atoms with Crippen LogP contribution < -0.4 is 20.7 Å². The Kier molecular flexibility index (Phi) is 7.80. The molecule has 2 amide bonds. The fourth-order valence-electron chi connectivity index (χ4n) is 4.67. The van der Waals surface area contributed by atoms with Crippen LogP contribution in [0.2, 0.25) is 10.0 Å². The molecule has 7 nitrogen and oxygen atoms in total. The van der Waals surface area contributed by atoms with Gasteiger partial charge in [0.2, 0.25) is 11.8 Å². The number of para-hydroxylation sites is 2. The number of hydrogen-bond donors (Lipinski definition) is 3. The van der Waals surface area contributed by atoms with Gasteiger partial charge < -0.3 is 25.6 Å². The molecule has 34 heavy (non-hydrogen) atoms. The number of benzene rings is 2. The molecule has 0 aromatic heterocycles. The molecule has 180 valence electrons. The summed E-state index contributed by atoms with van der Waals surface area (Å²) in [4.78, 5) is 28.0. The molecule has 2 aliphatic rings. The van der Waals surface area contributed by atoms with Crippen molar-refractivity contribution in [2.75, 3.05) is 17.7 Å². The molecule has 3 atom stereocenters. The monoisotopic (exact) mass is 520 g/mol. The van der Waals surface area contributed by atoms with Gasteiger partial charge in [-0.1, -0.05) is 48.2 Å². The maximum Gasteiger partial charge on any atom is 0.243 e. The van der Waals surface area contributed by atoms with Gasteiger partial charge in [-0.3, -0.25) is 9.59 Å². The lowest BCUT2D eigenvalue weighted by molar-refractivity contribution is -0.134. The summed E-state index contributed by atoms with van der Waals surface area (Å²) in [5, 5.41) is 10.4. The summed E-state index contributed by atoms with van der Waals surface area (Å²) >= 11 is 17.9. The lowest BCUT2D eigenvalue weighted by Gasteiger charge is -2.49. The van der Waals surface area contributed by atoms with Crippen molar-refractivity contribution >= 4 is 63.7 Å². The number of amides is 2. The lowest BCUT2D eigenvalue weighted by Crippen LogP contribution is -2.68. The first-order chi connectivity index (χ1) is 16.4. The van der Waals surface area contributed by atoms with E-state index in [1.54, 1.807) is 25.3 Å². The molecular formula is C24H26Cl2N4O3S. The number of nitrogens with one attached hydrogen (secondary N) is 3. The van der Waals surface area contributed by atoms with E-state index in [4.69, 9.17) is 40.2 Å². The van der Waals surface area contributed by atoms with Crippen LogP contribution >= 0.6 is 35.4 Å². The second-order valence-electron chi connectivity index (χ2n) is 8.43. The molecule has 1 saturated heterocycles. The summed E-state index contributed by atoms with van der Waals surface area (Å²) < 4.78 is 5.43. The molecule has 2 fully saturated rings. The van der Waals surface area contributed by atoms with E-state index in [1.807, 2.05) is 29.2 Å². The number of anilines is 2. The van der Waals surface area contributed by atoms with Gasteiger partial charge >= 0.3 is 0 Å². The third-order valence-electron chi connectivity index (χ3n) is 6.16. The number of carbonyl (C=O) groups excluding carboxylic acids is 2. The van der Waals surface area contributed by atoms with E-state index in [2.05, 4.69) is 16.0 Å². The molecule has 4 rings (SSSR count). The van der Waals surface area contributed by atoms with E-state index < -0.39 is 6.04 Å². The highest BCUT2D eigenvalue weighted by atomic mass is 35.5. The molecule has 2 aromatic rings. The smallest absolute Gasteiger partial charge is 0.243 e. The van der Waals surface area contributed by atoms with Crippen LogP contribution in [0.3, 0.4) is 0 Å². The molecule has 1 heterocycles. The van der Waals surface area contributed by atoms with Crippen molar-refractivity contribution in [3.63, 3.8) is 0 Å². The Morgan fingerprint density at radius 3 is 2.59 bits per heavy atom. The van der Waals surface area contributed by atoms with E-state index >= 15 is 0 Å². The number of halogens is 2. The summed E-state index contributed by atoms with van der Waals surface area (Å²) in [6.45, 7) is 0. The number of rotatable bonds is 5. The Bertz CT molecular complexity index is 1080. The molecule has 0 radical (unpaired) electrons. The van der Waals surface area contributed by atoms with Crippen LogP contribution in [-0.4, -0.2) is 47.1 Å². The first-order valence-electron chi connectivity index (χ1n) is 11.1. The van der Waals surface area contributed by atoms with Gasteiger partial charge in [-0.2, -0.15) is 0 Å². The summed E-state index contributed by atoms with van der Waals surface area (Å²) in [5.41, 5.74) is 1.17. The normalized spacial score (nSPS) is 21.8. The summed E-state index contributed by atoms with van der Waals surface area (Å²) in [7, 11) is 1.59. The van der Waals surface area contributed by atoms with E-state index in [0.29, 0.717) is 32.3 Å². The van der Waals surface area contributed by atoms with Gasteiger partial charge in [0, 0.05) is 21.8 Å². The second-order valence-corrected chi connectivity index (χ2v) is 9.69. The van der Waals surface area contributed by atoms with Crippen molar-refractivity contribution in [1.82, 2.24) is 10.2 Å². The Labute approximate surface area is 214 Å². The SMILES string of the molecule is COc1ccccc1NC(=S)N1C(CC(=O)Nc2cc(Cl)cc(Cl)c2)C(=O)NC2CCCCC21. The van der Waals surface area contributed by atoms with E-state index in [-0.39, 0.29) is 30.3 Å². The zero-order valence-electron chi connectivity index (χ0n) is 18.6. The largest absolute Gasteiger partial charge is 0.495 e. The third-order valence-corrected chi connectivity index (χ3v) is 6.91. The highest BCUT2D eigenvalue weighted by molar-refractivity contribution is 7.80. The van der Waals surface area contributed by atoms with Gasteiger partial charge in [-0.25, -0.2) is 0 Å². The molecule has 3 N–H and O–H groups in total. The topological polar surface area (TPSA) is 82.7 Å². The predicted molar refractivity (Wildman–Crippen MR) is 139 cm³/mol. The van der Waals surface area contributed by atoms with Crippen LogP contribution in [0.15, 0.2) is 42.5 Å². The summed E-state index contributed by atoms with van der Waals surface area (Å²) in [6, 6.07) is 11.5. The average Bonchev–Trinajstić information content (AvgIpc) is 2.79. The van der Waals surface area contributed by atoms with Crippen LogP contribution in [0, 0.1) is 0 Å². The van der Waals surface area contributed by atoms with Crippen LogP contribution in [0.4, 0.5) is 11.4 Å².